The monoisotopic (exact) mass is 170 g/mol. The van der Waals surface area contributed by atoms with E-state index in [1.54, 1.807) is 0 Å². The summed E-state index contributed by atoms with van der Waals surface area (Å²) in [6.07, 6.45) is 3.08. The molecule has 1 heterocycles. The maximum Gasteiger partial charge on any atom is 0.0935 e. The van der Waals surface area contributed by atoms with Gasteiger partial charge in [-0.05, 0) is 19.8 Å². The first-order valence-electron chi connectivity index (χ1n) is 4.59. The lowest BCUT2D eigenvalue weighted by Crippen LogP contribution is -2.28. The highest BCUT2D eigenvalue weighted by atomic mass is 16.5. The van der Waals surface area contributed by atoms with E-state index in [2.05, 4.69) is 11.9 Å². The van der Waals surface area contributed by atoms with Gasteiger partial charge in [0.2, 0.25) is 0 Å². The molecule has 0 spiro atoms. The highest BCUT2D eigenvalue weighted by molar-refractivity contribution is 5.79. The topological polar surface area (TPSA) is 47.6 Å². The molecule has 1 aliphatic rings. The molecule has 0 saturated carbocycles. The van der Waals surface area contributed by atoms with Gasteiger partial charge < -0.3 is 10.5 Å². The van der Waals surface area contributed by atoms with Crippen molar-refractivity contribution in [2.24, 2.45) is 10.7 Å². The van der Waals surface area contributed by atoms with Gasteiger partial charge in [0, 0.05) is 13.0 Å². The third-order valence-corrected chi connectivity index (χ3v) is 2.28. The van der Waals surface area contributed by atoms with Crippen LogP contribution in [0.25, 0.3) is 0 Å². The summed E-state index contributed by atoms with van der Waals surface area (Å²) in [5.74, 6) is 0.728. The molecule has 2 N–H and O–H groups in total. The molecule has 0 aromatic rings. The van der Waals surface area contributed by atoms with Crippen molar-refractivity contribution in [3.05, 3.63) is 0 Å². The van der Waals surface area contributed by atoms with Crippen LogP contribution in [0, 0.1) is 0 Å². The average Bonchev–Trinajstić information content (AvgIpc) is 2.49. The standard InChI is InChI=1S/C9H18N2O/c1-3-8(10)11-7-9(2)5-4-6-12-9/h3-7H2,1-2H3,(H2,10,11). The van der Waals surface area contributed by atoms with Crippen molar-refractivity contribution in [2.75, 3.05) is 13.2 Å². The lowest BCUT2D eigenvalue weighted by Gasteiger charge is -2.20. The van der Waals surface area contributed by atoms with Gasteiger partial charge in [0.05, 0.1) is 18.0 Å². The molecule has 0 amide bonds. The summed E-state index contributed by atoms with van der Waals surface area (Å²) < 4.78 is 5.57. The fourth-order valence-electron chi connectivity index (χ4n) is 1.34. The van der Waals surface area contributed by atoms with Crippen LogP contribution < -0.4 is 5.73 Å². The first kappa shape index (κ1) is 9.52. The number of nitrogens with two attached hydrogens (primary N) is 1. The van der Waals surface area contributed by atoms with E-state index in [0.29, 0.717) is 6.54 Å². The molecule has 0 aromatic carbocycles. The highest BCUT2D eigenvalue weighted by Crippen LogP contribution is 2.24. The zero-order chi connectivity index (χ0) is 9.03. The second-order valence-electron chi connectivity index (χ2n) is 3.56. The summed E-state index contributed by atoms with van der Waals surface area (Å²) in [4.78, 5) is 4.27. The van der Waals surface area contributed by atoms with Gasteiger partial charge in [-0.2, -0.15) is 0 Å². The SMILES string of the molecule is CCC(N)=NCC1(C)CCCO1. The lowest BCUT2D eigenvalue weighted by molar-refractivity contribution is 0.0284. The molecule has 1 atom stereocenters. The van der Waals surface area contributed by atoms with E-state index in [9.17, 15) is 0 Å². The van der Waals surface area contributed by atoms with E-state index in [-0.39, 0.29) is 5.60 Å². The molecule has 1 unspecified atom stereocenters. The van der Waals surface area contributed by atoms with E-state index in [4.69, 9.17) is 10.5 Å². The summed E-state index contributed by atoms with van der Waals surface area (Å²) in [5.41, 5.74) is 5.56. The zero-order valence-corrected chi connectivity index (χ0v) is 7.97. The Bertz CT molecular complexity index is 171. The van der Waals surface area contributed by atoms with Crippen LogP contribution in [0.1, 0.15) is 33.1 Å². The van der Waals surface area contributed by atoms with Gasteiger partial charge in [-0.25, -0.2) is 0 Å². The number of aliphatic imine (C=N–C) groups is 1. The Kier molecular flexibility index (Phi) is 3.09. The summed E-state index contributed by atoms with van der Waals surface area (Å²) in [6, 6.07) is 0. The molecule has 1 rings (SSSR count). The van der Waals surface area contributed by atoms with Crippen LogP contribution in [-0.4, -0.2) is 24.6 Å². The first-order valence-corrected chi connectivity index (χ1v) is 4.59. The third-order valence-electron chi connectivity index (χ3n) is 2.28. The quantitative estimate of drug-likeness (QED) is 0.513. The molecule has 70 valence electrons. The van der Waals surface area contributed by atoms with Gasteiger partial charge in [0.15, 0.2) is 0 Å². The van der Waals surface area contributed by atoms with Crippen molar-refractivity contribution in [2.45, 2.75) is 38.7 Å². The second-order valence-corrected chi connectivity index (χ2v) is 3.56. The van der Waals surface area contributed by atoms with Crippen molar-refractivity contribution in [3.8, 4) is 0 Å². The van der Waals surface area contributed by atoms with Crippen LogP contribution >= 0.6 is 0 Å². The van der Waals surface area contributed by atoms with E-state index in [0.717, 1.165) is 31.7 Å². The van der Waals surface area contributed by atoms with Crippen LogP contribution in [0.2, 0.25) is 0 Å². The van der Waals surface area contributed by atoms with E-state index in [1.165, 1.54) is 0 Å². The fraction of sp³-hybridized carbons (Fsp3) is 0.889. The number of ether oxygens (including phenoxy) is 1. The van der Waals surface area contributed by atoms with E-state index in [1.807, 2.05) is 6.92 Å². The largest absolute Gasteiger partial charge is 0.387 e. The molecule has 0 radical (unpaired) electrons. The summed E-state index contributed by atoms with van der Waals surface area (Å²) in [5, 5.41) is 0. The summed E-state index contributed by atoms with van der Waals surface area (Å²) in [7, 11) is 0. The lowest BCUT2D eigenvalue weighted by atomic mass is 10.0. The van der Waals surface area contributed by atoms with Gasteiger partial charge in [-0.3, -0.25) is 4.99 Å². The van der Waals surface area contributed by atoms with Gasteiger partial charge in [-0.15, -0.1) is 0 Å². The van der Waals surface area contributed by atoms with Crippen molar-refractivity contribution >= 4 is 5.84 Å². The van der Waals surface area contributed by atoms with Crippen molar-refractivity contribution in [1.29, 1.82) is 0 Å². The molecule has 1 saturated heterocycles. The zero-order valence-electron chi connectivity index (χ0n) is 7.97. The summed E-state index contributed by atoms with van der Waals surface area (Å²) in [6.45, 7) is 5.70. The third kappa shape index (κ3) is 2.48. The Hall–Kier alpha value is -0.570. The number of rotatable bonds is 3. The number of hydrogen-bond donors (Lipinski definition) is 1. The van der Waals surface area contributed by atoms with Crippen molar-refractivity contribution in [3.63, 3.8) is 0 Å². The Balaban J connectivity index is 2.39. The molecular weight excluding hydrogens is 152 g/mol. The first-order chi connectivity index (χ1) is 5.66. The minimum atomic E-state index is -0.0419. The van der Waals surface area contributed by atoms with Gasteiger partial charge in [-0.1, -0.05) is 6.92 Å². The highest BCUT2D eigenvalue weighted by Gasteiger charge is 2.29. The molecular formula is C9H18N2O. The maximum absolute atomic E-state index is 5.60. The Morgan fingerprint density at radius 1 is 1.67 bits per heavy atom. The fourth-order valence-corrected chi connectivity index (χ4v) is 1.34. The predicted molar refractivity (Wildman–Crippen MR) is 50.4 cm³/mol. The molecule has 1 fully saturated rings. The molecule has 0 aromatic heterocycles. The second kappa shape index (κ2) is 3.90. The molecule has 1 aliphatic heterocycles. The molecule has 0 aliphatic carbocycles. The Morgan fingerprint density at radius 3 is 2.92 bits per heavy atom. The van der Waals surface area contributed by atoms with E-state index >= 15 is 0 Å². The molecule has 0 bridgehead atoms. The van der Waals surface area contributed by atoms with Crippen LogP contribution in [0.3, 0.4) is 0 Å². The van der Waals surface area contributed by atoms with Crippen LogP contribution in [0.5, 0.6) is 0 Å². The number of hydrogen-bond acceptors (Lipinski definition) is 2. The Labute approximate surface area is 74.0 Å². The van der Waals surface area contributed by atoms with E-state index < -0.39 is 0 Å². The van der Waals surface area contributed by atoms with Crippen LogP contribution in [0.4, 0.5) is 0 Å². The van der Waals surface area contributed by atoms with Crippen LogP contribution in [0.15, 0.2) is 4.99 Å². The van der Waals surface area contributed by atoms with Gasteiger partial charge in [0.1, 0.15) is 0 Å². The van der Waals surface area contributed by atoms with Crippen LogP contribution in [-0.2, 0) is 4.74 Å². The Morgan fingerprint density at radius 2 is 2.42 bits per heavy atom. The van der Waals surface area contributed by atoms with Crippen molar-refractivity contribution < 1.29 is 4.74 Å². The average molecular weight is 170 g/mol. The molecule has 3 heteroatoms. The number of amidine groups is 1. The van der Waals surface area contributed by atoms with Crippen molar-refractivity contribution in [1.82, 2.24) is 0 Å². The maximum atomic E-state index is 5.60. The molecule has 3 nitrogen and oxygen atoms in total. The van der Waals surface area contributed by atoms with Gasteiger partial charge >= 0.3 is 0 Å². The normalized spacial score (nSPS) is 31.0. The predicted octanol–water partition coefficient (Wildman–Crippen LogP) is 1.32. The summed E-state index contributed by atoms with van der Waals surface area (Å²) >= 11 is 0. The minimum absolute atomic E-state index is 0.0419. The number of nitrogens with zero attached hydrogens (tertiary/aromatic N) is 1. The molecule has 12 heavy (non-hydrogen) atoms. The minimum Gasteiger partial charge on any atom is -0.387 e. The smallest absolute Gasteiger partial charge is 0.0935 e. The van der Waals surface area contributed by atoms with Gasteiger partial charge in [0.25, 0.3) is 0 Å².